The number of aromatic nitrogens is 1. The summed E-state index contributed by atoms with van der Waals surface area (Å²) in [6, 6.07) is 17.5. The molecule has 7 nitrogen and oxygen atoms in total. The number of nitrogens with one attached hydrogen (secondary N) is 1. The molecule has 0 fully saturated rings. The number of benzene rings is 3. The van der Waals surface area contributed by atoms with Crippen LogP contribution in [0.3, 0.4) is 0 Å². The van der Waals surface area contributed by atoms with Crippen LogP contribution in [0, 0.1) is 39.4 Å². The van der Waals surface area contributed by atoms with Crippen molar-refractivity contribution < 1.29 is 32.0 Å². The summed E-state index contributed by atoms with van der Waals surface area (Å²) in [5.41, 5.74) is 8.28. The fraction of sp³-hybridized carbons (Fsp3) is 0.400. The minimum absolute atomic E-state index is 0.00201. The molecule has 0 saturated heterocycles. The SMILES string of the molecule is [2H]C([2H])(C(=O)O)[C@H](O)C[C@H](O)CC(C)n1c(-c2ccc(F)cc2C)c(-c2cccc(C)c2)c(C(=O)Nc2ccc(C)c(C)c2)c1C(C)C(C)C. The van der Waals surface area contributed by atoms with Crippen molar-refractivity contribution in [1.29, 1.82) is 0 Å². The highest BCUT2D eigenvalue weighted by Gasteiger charge is 2.35. The van der Waals surface area contributed by atoms with E-state index in [1.807, 2.05) is 81.7 Å². The smallest absolute Gasteiger partial charge is 0.305 e. The highest BCUT2D eigenvalue weighted by molar-refractivity contribution is 6.12. The Balaban J connectivity index is 2.06. The van der Waals surface area contributed by atoms with Crippen molar-refractivity contribution in [3.63, 3.8) is 0 Å². The van der Waals surface area contributed by atoms with Gasteiger partial charge in [-0.25, -0.2) is 4.39 Å². The molecule has 4 N–H and O–H groups in total. The number of amides is 1. The van der Waals surface area contributed by atoms with Crippen LogP contribution in [-0.2, 0) is 4.79 Å². The molecular formula is C40H49FN2O5. The van der Waals surface area contributed by atoms with E-state index in [0.29, 0.717) is 39.3 Å². The van der Waals surface area contributed by atoms with Crippen LogP contribution in [-0.4, -0.2) is 44.0 Å². The van der Waals surface area contributed by atoms with Gasteiger partial charge in [-0.2, -0.15) is 0 Å². The molecule has 8 heteroatoms. The van der Waals surface area contributed by atoms with Crippen LogP contribution in [0.1, 0.15) is 99.9 Å². The molecule has 1 aromatic heterocycles. The van der Waals surface area contributed by atoms with E-state index in [2.05, 4.69) is 19.2 Å². The largest absolute Gasteiger partial charge is 0.481 e. The molecule has 1 amide bonds. The van der Waals surface area contributed by atoms with Crippen molar-refractivity contribution in [2.45, 2.75) is 98.8 Å². The molecule has 4 aromatic rings. The zero-order valence-electron chi connectivity index (χ0n) is 31.1. The summed E-state index contributed by atoms with van der Waals surface area (Å²) >= 11 is 0. The second-order valence-corrected chi connectivity index (χ2v) is 13.4. The van der Waals surface area contributed by atoms with Gasteiger partial charge in [0.1, 0.15) is 5.82 Å². The Labute approximate surface area is 286 Å². The van der Waals surface area contributed by atoms with Gasteiger partial charge in [-0.3, -0.25) is 9.59 Å². The lowest BCUT2D eigenvalue weighted by atomic mass is 9.88. The second-order valence-electron chi connectivity index (χ2n) is 13.4. The first-order valence-electron chi connectivity index (χ1n) is 17.4. The van der Waals surface area contributed by atoms with Crippen LogP contribution < -0.4 is 5.32 Å². The maximum absolute atomic E-state index is 14.8. The molecule has 1 heterocycles. The number of nitrogens with zero attached hydrogens (tertiary/aromatic N) is 1. The van der Waals surface area contributed by atoms with Gasteiger partial charge in [0.05, 0.1) is 29.8 Å². The Morgan fingerprint density at radius 1 is 0.875 bits per heavy atom. The van der Waals surface area contributed by atoms with Crippen molar-refractivity contribution in [2.75, 3.05) is 5.32 Å². The van der Waals surface area contributed by atoms with Crippen LogP contribution in [0.5, 0.6) is 0 Å². The van der Waals surface area contributed by atoms with Crippen LogP contribution in [0.15, 0.2) is 60.7 Å². The topological polar surface area (TPSA) is 112 Å². The fourth-order valence-corrected chi connectivity index (χ4v) is 6.36. The normalized spacial score (nSPS) is 15.0. The number of carbonyl (C=O) groups is 2. The molecule has 0 saturated carbocycles. The number of hydrogen-bond acceptors (Lipinski definition) is 4. The molecule has 4 atom stereocenters. The molecule has 0 spiro atoms. The minimum Gasteiger partial charge on any atom is -0.481 e. The molecule has 256 valence electrons. The predicted octanol–water partition coefficient (Wildman–Crippen LogP) is 8.74. The molecule has 0 aliphatic rings. The number of anilines is 1. The lowest BCUT2D eigenvalue weighted by Crippen LogP contribution is -2.25. The Bertz CT molecular complexity index is 1890. The molecule has 4 rings (SSSR count). The third-order valence-electron chi connectivity index (χ3n) is 9.26. The number of aryl methyl sites for hydroxylation is 4. The lowest BCUT2D eigenvalue weighted by Gasteiger charge is -2.28. The standard InChI is InChI=1S/C40H49FN2O5/c1-22(2)28(8)38-37(40(48)42-31-14-12-24(4)25(5)18-31)36(29-11-9-10-23(3)16-29)39(34-15-13-30(41)17-26(34)6)43(38)27(7)19-32(44)20-33(45)21-35(46)47/h9-18,22,27-28,32-33,44-45H,19-21H2,1-8H3,(H,42,48)(H,46,47)/t27?,28?,32-,33-/m1/s1/i21D2. The summed E-state index contributed by atoms with van der Waals surface area (Å²) in [6.45, 7) is 15.8. The van der Waals surface area contributed by atoms with Crippen molar-refractivity contribution in [2.24, 2.45) is 5.92 Å². The van der Waals surface area contributed by atoms with E-state index in [1.165, 1.54) is 12.1 Å². The highest BCUT2D eigenvalue weighted by atomic mass is 19.1. The monoisotopic (exact) mass is 658 g/mol. The zero-order valence-corrected chi connectivity index (χ0v) is 29.1. The third kappa shape index (κ3) is 8.23. The van der Waals surface area contributed by atoms with Gasteiger partial charge in [0.2, 0.25) is 0 Å². The number of carboxylic acids is 1. The summed E-state index contributed by atoms with van der Waals surface area (Å²) in [5, 5.41) is 34.1. The first kappa shape index (κ1) is 33.6. The Kier molecular flexibility index (Phi) is 10.7. The van der Waals surface area contributed by atoms with Crippen molar-refractivity contribution >= 4 is 17.6 Å². The Hall–Kier alpha value is -4.27. The molecule has 48 heavy (non-hydrogen) atoms. The van der Waals surface area contributed by atoms with Crippen molar-refractivity contribution in [1.82, 2.24) is 4.57 Å². The van der Waals surface area contributed by atoms with E-state index < -0.39 is 42.8 Å². The average molecular weight is 659 g/mol. The molecule has 2 unspecified atom stereocenters. The van der Waals surface area contributed by atoms with Crippen molar-refractivity contribution in [3.05, 3.63) is 100.0 Å². The summed E-state index contributed by atoms with van der Waals surface area (Å²) < 4.78 is 32.2. The number of hydrogen-bond donors (Lipinski definition) is 4. The van der Waals surface area contributed by atoms with E-state index in [4.69, 9.17) is 2.74 Å². The van der Waals surface area contributed by atoms with Gasteiger partial charge in [-0.1, -0.05) is 56.7 Å². The second kappa shape index (κ2) is 15.3. The highest BCUT2D eigenvalue weighted by Crippen LogP contribution is 2.47. The van der Waals surface area contributed by atoms with Crippen LogP contribution in [0.25, 0.3) is 22.4 Å². The number of aliphatic hydroxyl groups excluding tert-OH is 2. The predicted molar refractivity (Wildman–Crippen MR) is 190 cm³/mol. The van der Waals surface area contributed by atoms with Gasteiger partial charge in [-0.05, 0) is 112 Å². The van der Waals surface area contributed by atoms with E-state index >= 15 is 0 Å². The van der Waals surface area contributed by atoms with Crippen LogP contribution in [0.4, 0.5) is 10.1 Å². The van der Waals surface area contributed by atoms with Gasteiger partial charge in [0, 0.05) is 31.3 Å². The number of aliphatic hydroxyl groups is 2. The van der Waals surface area contributed by atoms with E-state index in [9.17, 15) is 29.3 Å². The maximum Gasteiger partial charge on any atom is 0.305 e. The van der Waals surface area contributed by atoms with Crippen LogP contribution in [0.2, 0.25) is 0 Å². The van der Waals surface area contributed by atoms with E-state index in [0.717, 1.165) is 22.3 Å². The van der Waals surface area contributed by atoms with Crippen LogP contribution >= 0.6 is 0 Å². The van der Waals surface area contributed by atoms with Gasteiger partial charge in [-0.15, -0.1) is 0 Å². The molecule has 0 bridgehead atoms. The average Bonchev–Trinajstić information content (AvgIpc) is 3.38. The summed E-state index contributed by atoms with van der Waals surface area (Å²) in [4.78, 5) is 26.2. The van der Waals surface area contributed by atoms with E-state index in [1.54, 1.807) is 13.0 Å². The fourth-order valence-electron chi connectivity index (χ4n) is 6.36. The Morgan fingerprint density at radius 3 is 2.19 bits per heavy atom. The summed E-state index contributed by atoms with van der Waals surface area (Å²) in [5.74, 6) is -2.69. The molecule has 3 aromatic carbocycles. The number of rotatable bonds is 13. The van der Waals surface area contributed by atoms with Gasteiger partial charge >= 0.3 is 5.97 Å². The number of carboxylic acid groups (broad SMARTS) is 1. The van der Waals surface area contributed by atoms with Gasteiger partial charge in [0.15, 0.2) is 0 Å². The molecule has 0 aliphatic heterocycles. The molecule has 0 radical (unpaired) electrons. The Morgan fingerprint density at radius 2 is 1.58 bits per heavy atom. The quantitative estimate of drug-likeness (QED) is 0.115. The zero-order chi connectivity index (χ0) is 37.2. The minimum atomic E-state index is -2.96. The lowest BCUT2D eigenvalue weighted by molar-refractivity contribution is -0.139. The van der Waals surface area contributed by atoms with E-state index in [-0.39, 0.29) is 24.2 Å². The maximum atomic E-state index is 14.8. The molecule has 0 aliphatic carbocycles. The first-order valence-corrected chi connectivity index (χ1v) is 16.4. The molecular weight excluding hydrogens is 607 g/mol. The van der Waals surface area contributed by atoms with Gasteiger partial charge < -0.3 is 25.2 Å². The summed E-state index contributed by atoms with van der Waals surface area (Å²) in [7, 11) is 0. The first-order chi connectivity index (χ1) is 23.3. The number of halogens is 1. The number of carbonyl (C=O) groups excluding carboxylic acids is 1. The summed E-state index contributed by atoms with van der Waals surface area (Å²) in [6.07, 6.45) is -6.73. The third-order valence-corrected chi connectivity index (χ3v) is 9.26. The number of aliphatic carboxylic acids is 1. The van der Waals surface area contributed by atoms with Crippen molar-refractivity contribution in [3.8, 4) is 22.4 Å². The van der Waals surface area contributed by atoms with Gasteiger partial charge in [0.25, 0.3) is 5.91 Å².